The van der Waals surface area contributed by atoms with E-state index in [1.165, 1.54) is 55.3 Å². The second-order valence-electron chi connectivity index (χ2n) is 10.1. The molecule has 0 saturated heterocycles. The maximum Gasteiger partial charge on any atom is 0.0733 e. The quantitative estimate of drug-likeness (QED) is 0.238. The molecule has 0 atom stereocenters. The summed E-state index contributed by atoms with van der Waals surface area (Å²) < 4.78 is 0. The van der Waals surface area contributed by atoms with Crippen LogP contribution >= 0.6 is 0 Å². The maximum absolute atomic E-state index is 6.95. The second kappa shape index (κ2) is 7.11. The monoisotopic (exact) mass is 472 g/mol. The smallest absolute Gasteiger partial charge is 0.0733 e. The number of nitrogen functional groups attached to an aromatic ring is 2. The van der Waals surface area contributed by atoms with Crippen molar-refractivity contribution < 1.29 is 0 Å². The number of anilines is 2. The Morgan fingerprint density at radius 1 is 0.459 bits per heavy atom. The van der Waals surface area contributed by atoms with Crippen molar-refractivity contribution in [2.45, 2.75) is 5.41 Å². The fourth-order valence-corrected chi connectivity index (χ4v) is 7.00. The molecular formula is C35H24N2. The fourth-order valence-electron chi connectivity index (χ4n) is 7.00. The van der Waals surface area contributed by atoms with Crippen LogP contribution in [0.1, 0.15) is 22.3 Å². The first-order chi connectivity index (χ1) is 18.2. The molecule has 0 bridgehead atoms. The van der Waals surface area contributed by atoms with Crippen molar-refractivity contribution in [3.63, 3.8) is 0 Å². The average Bonchev–Trinajstić information content (AvgIpc) is 3.40. The molecule has 2 aliphatic carbocycles. The highest BCUT2D eigenvalue weighted by Gasteiger charge is 2.53. The van der Waals surface area contributed by atoms with Gasteiger partial charge in [-0.2, -0.15) is 0 Å². The zero-order chi connectivity index (χ0) is 24.7. The van der Waals surface area contributed by atoms with E-state index < -0.39 is 5.41 Å². The standard InChI is InChI=1S/C35H24N2/c36-22-16-17-26-28-18-19-32(37)33(27-13-7-9-21-8-1-2-10-23(21)27)34(28)35(31(26)20-22)29-14-5-3-11-24(29)25-12-4-6-15-30(25)35/h1-20H,36-37H2. The Bertz CT molecular complexity index is 1860. The fraction of sp³-hybridized carbons (Fsp3) is 0.0286. The van der Waals surface area contributed by atoms with Gasteiger partial charge in [0.1, 0.15) is 0 Å². The lowest BCUT2D eigenvalue weighted by molar-refractivity contribution is 0.796. The van der Waals surface area contributed by atoms with Crippen molar-refractivity contribution in [2.75, 3.05) is 11.5 Å². The van der Waals surface area contributed by atoms with Crippen molar-refractivity contribution in [1.29, 1.82) is 0 Å². The largest absolute Gasteiger partial charge is 0.399 e. The SMILES string of the molecule is Nc1ccc2c(c1)C1(c3ccccc3-c3ccccc31)c1c-2ccc(N)c1-c1cccc2ccccc12. The number of fused-ring (bicyclic) bond motifs is 11. The van der Waals surface area contributed by atoms with E-state index in [2.05, 4.69) is 115 Å². The zero-order valence-corrected chi connectivity index (χ0v) is 20.2. The van der Waals surface area contributed by atoms with Gasteiger partial charge in [-0.3, -0.25) is 0 Å². The molecule has 1 spiro atoms. The van der Waals surface area contributed by atoms with Crippen LogP contribution in [0.4, 0.5) is 11.4 Å². The summed E-state index contributed by atoms with van der Waals surface area (Å²) in [6, 6.07) is 43.4. The molecule has 2 heteroatoms. The highest BCUT2D eigenvalue weighted by Crippen LogP contribution is 2.65. The topological polar surface area (TPSA) is 52.0 Å². The van der Waals surface area contributed by atoms with Crippen LogP contribution in [0.5, 0.6) is 0 Å². The zero-order valence-electron chi connectivity index (χ0n) is 20.2. The Balaban J connectivity index is 1.62. The molecule has 37 heavy (non-hydrogen) atoms. The summed E-state index contributed by atoms with van der Waals surface area (Å²) in [5.74, 6) is 0. The summed E-state index contributed by atoms with van der Waals surface area (Å²) >= 11 is 0. The third-order valence-corrected chi connectivity index (χ3v) is 8.36. The number of rotatable bonds is 1. The Labute approximate surface area is 215 Å². The first-order valence-corrected chi connectivity index (χ1v) is 12.7. The van der Waals surface area contributed by atoms with Gasteiger partial charge in [0.15, 0.2) is 0 Å². The molecule has 0 aromatic heterocycles. The minimum absolute atomic E-state index is 0.505. The van der Waals surface area contributed by atoms with Crippen molar-refractivity contribution in [3.05, 3.63) is 144 Å². The molecule has 0 unspecified atom stereocenters. The molecule has 0 amide bonds. The average molecular weight is 473 g/mol. The minimum Gasteiger partial charge on any atom is -0.399 e. The van der Waals surface area contributed by atoms with E-state index >= 15 is 0 Å². The molecule has 174 valence electrons. The van der Waals surface area contributed by atoms with E-state index in [0.717, 1.165) is 22.5 Å². The number of benzene rings is 6. The van der Waals surface area contributed by atoms with Crippen LogP contribution in [-0.4, -0.2) is 0 Å². The molecule has 4 N–H and O–H groups in total. The van der Waals surface area contributed by atoms with E-state index in [0.29, 0.717) is 0 Å². The van der Waals surface area contributed by atoms with Crippen LogP contribution < -0.4 is 11.5 Å². The number of nitrogens with two attached hydrogens (primary N) is 2. The molecule has 8 rings (SSSR count). The van der Waals surface area contributed by atoms with Gasteiger partial charge >= 0.3 is 0 Å². The summed E-state index contributed by atoms with van der Waals surface area (Å²) in [7, 11) is 0. The third kappa shape index (κ3) is 2.45. The molecule has 0 saturated carbocycles. The Morgan fingerprint density at radius 2 is 1.05 bits per heavy atom. The van der Waals surface area contributed by atoms with Crippen LogP contribution in [0, 0.1) is 0 Å². The van der Waals surface area contributed by atoms with Crippen molar-refractivity contribution in [3.8, 4) is 33.4 Å². The minimum atomic E-state index is -0.505. The van der Waals surface area contributed by atoms with E-state index in [-0.39, 0.29) is 0 Å². The molecule has 0 fully saturated rings. The molecule has 6 aromatic rings. The summed E-state index contributed by atoms with van der Waals surface area (Å²) in [5.41, 5.74) is 26.8. The first kappa shape index (κ1) is 20.4. The summed E-state index contributed by atoms with van der Waals surface area (Å²) in [6.07, 6.45) is 0. The molecule has 2 aliphatic rings. The second-order valence-corrected chi connectivity index (χ2v) is 10.1. The van der Waals surface area contributed by atoms with Gasteiger partial charge in [0.25, 0.3) is 0 Å². The van der Waals surface area contributed by atoms with Crippen molar-refractivity contribution in [2.24, 2.45) is 0 Å². The summed E-state index contributed by atoms with van der Waals surface area (Å²) in [6.45, 7) is 0. The van der Waals surface area contributed by atoms with E-state index in [9.17, 15) is 0 Å². The van der Waals surface area contributed by atoms with Gasteiger partial charge in [0.2, 0.25) is 0 Å². The lowest BCUT2D eigenvalue weighted by Gasteiger charge is -2.33. The van der Waals surface area contributed by atoms with E-state index in [1.54, 1.807) is 0 Å². The van der Waals surface area contributed by atoms with E-state index in [1.807, 2.05) is 6.07 Å². The molecule has 2 nitrogen and oxygen atoms in total. The van der Waals surface area contributed by atoms with Crippen molar-refractivity contribution in [1.82, 2.24) is 0 Å². The lowest BCUT2D eigenvalue weighted by atomic mass is 9.68. The van der Waals surface area contributed by atoms with E-state index in [4.69, 9.17) is 11.5 Å². The first-order valence-electron chi connectivity index (χ1n) is 12.7. The summed E-state index contributed by atoms with van der Waals surface area (Å²) in [4.78, 5) is 0. The van der Waals surface area contributed by atoms with Gasteiger partial charge in [0, 0.05) is 16.9 Å². The highest BCUT2D eigenvalue weighted by molar-refractivity contribution is 6.06. The van der Waals surface area contributed by atoms with Gasteiger partial charge in [-0.15, -0.1) is 0 Å². The predicted octanol–water partition coefficient (Wildman–Crippen LogP) is 8.01. The highest BCUT2D eigenvalue weighted by atomic mass is 14.6. The Hall–Kier alpha value is -4.82. The lowest BCUT2D eigenvalue weighted by Crippen LogP contribution is -2.27. The van der Waals surface area contributed by atoms with Crippen LogP contribution in [-0.2, 0) is 5.41 Å². The third-order valence-electron chi connectivity index (χ3n) is 8.36. The predicted molar refractivity (Wildman–Crippen MR) is 155 cm³/mol. The van der Waals surface area contributed by atoms with Crippen LogP contribution in [0.15, 0.2) is 121 Å². The number of hydrogen-bond donors (Lipinski definition) is 2. The Kier molecular flexibility index (Phi) is 3.92. The van der Waals surface area contributed by atoms with Gasteiger partial charge < -0.3 is 11.5 Å². The molecule has 0 radical (unpaired) electrons. The van der Waals surface area contributed by atoms with Crippen LogP contribution in [0.3, 0.4) is 0 Å². The Morgan fingerprint density at radius 3 is 1.84 bits per heavy atom. The van der Waals surface area contributed by atoms with Gasteiger partial charge in [-0.25, -0.2) is 0 Å². The van der Waals surface area contributed by atoms with Gasteiger partial charge in [-0.05, 0) is 79.0 Å². The van der Waals surface area contributed by atoms with Gasteiger partial charge in [0.05, 0.1) is 5.41 Å². The normalized spacial score (nSPS) is 13.8. The molecule has 0 aliphatic heterocycles. The molecular weight excluding hydrogens is 448 g/mol. The number of hydrogen-bond acceptors (Lipinski definition) is 2. The molecule has 6 aromatic carbocycles. The summed E-state index contributed by atoms with van der Waals surface area (Å²) in [5, 5.41) is 2.41. The van der Waals surface area contributed by atoms with Gasteiger partial charge in [-0.1, -0.05) is 103 Å². The van der Waals surface area contributed by atoms with Crippen LogP contribution in [0.25, 0.3) is 44.2 Å². The maximum atomic E-state index is 6.95. The van der Waals surface area contributed by atoms with Crippen LogP contribution in [0.2, 0.25) is 0 Å². The molecule has 0 heterocycles. The van der Waals surface area contributed by atoms with Crippen molar-refractivity contribution >= 4 is 22.1 Å².